The number of ether oxygens (including phenoxy) is 1. The summed E-state index contributed by atoms with van der Waals surface area (Å²) in [4.78, 5) is 0. The molecule has 0 spiro atoms. The fourth-order valence-electron chi connectivity index (χ4n) is 2.75. The molecule has 20 heavy (non-hydrogen) atoms. The second-order valence-electron chi connectivity index (χ2n) is 5.19. The summed E-state index contributed by atoms with van der Waals surface area (Å²) in [6, 6.07) is 0. The third-order valence-corrected chi connectivity index (χ3v) is 5.04. The first kappa shape index (κ1) is 20.9. The van der Waals surface area contributed by atoms with E-state index < -0.39 is 0 Å². The number of unbranched alkanes of at least 4 members (excludes halogenated alkanes) is 3. The molecule has 1 heterocycles. The number of morpholine rings is 1. The van der Waals surface area contributed by atoms with E-state index in [1.54, 1.807) is 33.6 Å². The molecule has 0 aromatic carbocycles. The molecule has 2 aliphatic rings. The monoisotopic (exact) mass is 396 g/mol. The summed E-state index contributed by atoms with van der Waals surface area (Å²) in [6.07, 6.45) is 10.6. The van der Waals surface area contributed by atoms with Gasteiger partial charge in [0, 0.05) is 0 Å². The Morgan fingerprint density at radius 1 is 1.30 bits per heavy atom. The fraction of sp³-hybridized carbons (Fsp3) is 0.733. The first-order valence-corrected chi connectivity index (χ1v) is 8.52. The summed E-state index contributed by atoms with van der Waals surface area (Å²) in [6.45, 7) is 5.13. The van der Waals surface area contributed by atoms with E-state index in [2.05, 4.69) is 18.3 Å². The van der Waals surface area contributed by atoms with E-state index in [0.29, 0.717) is 6.10 Å². The normalized spacial score (nSPS) is 22.0. The van der Waals surface area contributed by atoms with Gasteiger partial charge in [-0.2, -0.15) is 0 Å². The van der Waals surface area contributed by atoms with Gasteiger partial charge in [-0.3, -0.25) is 0 Å². The van der Waals surface area contributed by atoms with Gasteiger partial charge in [-0.05, 0) is 0 Å². The smallest absolute Gasteiger partial charge is 0.147 e. The zero-order valence-corrected chi connectivity index (χ0v) is 16.3. The number of allylic oxidation sites excluding steroid dienone is 2. The number of hydrogen-bond donors (Lipinski definition) is 1. The zero-order chi connectivity index (χ0) is 12.8. The standard InChI is InChI=1S/C15H24NO.2ClH.Zr/c1-2-3-4-5-7-13-8-6-9-14(13)15-12-16-10-11-17-15;;;/h9,15-16H,2-7,10-12H2,1H3;2*1H;. The molecule has 0 bridgehead atoms. The molecule has 1 aliphatic carbocycles. The van der Waals surface area contributed by atoms with Crippen LogP contribution < -0.4 is 5.32 Å². The topological polar surface area (TPSA) is 21.3 Å². The molecule has 1 saturated heterocycles. The molecule has 5 heteroatoms. The van der Waals surface area contributed by atoms with Gasteiger partial charge in [0.25, 0.3) is 0 Å². The predicted octanol–water partition coefficient (Wildman–Crippen LogP) is 3.92. The van der Waals surface area contributed by atoms with E-state index in [0.717, 1.165) is 19.7 Å². The SMILES string of the molecule is CCCCCCC1=[C]([Zr])CC=C1C1CNCCO1.Cl.Cl. The van der Waals surface area contributed by atoms with Crippen molar-refractivity contribution in [2.45, 2.75) is 51.6 Å². The third kappa shape index (κ3) is 5.93. The van der Waals surface area contributed by atoms with Crippen molar-refractivity contribution in [2.24, 2.45) is 0 Å². The quantitative estimate of drug-likeness (QED) is 0.685. The van der Waals surface area contributed by atoms with Gasteiger partial charge in [0.1, 0.15) is 0 Å². The van der Waals surface area contributed by atoms with Gasteiger partial charge in [0.05, 0.1) is 0 Å². The molecule has 2 rings (SSSR count). The molecule has 0 amide bonds. The Bertz CT molecular complexity index is 339. The van der Waals surface area contributed by atoms with Crippen LogP contribution in [0.5, 0.6) is 0 Å². The molecule has 0 saturated carbocycles. The van der Waals surface area contributed by atoms with E-state index in [1.807, 2.05) is 0 Å². The van der Waals surface area contributed by atoms with Crippen LogP contribution in [-0.2, 0) is 29.5 Å². The molecular formula is C15H26Cl2NOZr. The number of hydrogen-bond acceptors (Lipinski definition) is 2. The Morgan fingerprint density at radius 3 is 2.75 bits per heavy atom. The van der Waals surface area contributed by atoms with Gasteiger partial charge in [-0.15, -0.1) is 24.8 Å². The van der Waals surface area contributed by atoms with Crippen LogP contribution >= 0.6 is 24.8 Å². The number of halogens is 2. The van der Waals surface area contributed by atoms with Crippen molar-refractivity contribution in [1.82, 2.24) is 5.32 Å². The molecule has 1 unspecified atom stereocenters. The summed E-state index contributed by atoms with van der Waals surface area (Å²) in [7, 11) is 0. The maximum absolute atomic E-state index is 5.91. The minimum Gasteiger partial charge on any atom is -0.147 e. The van der Waals surface area contributed by atoms with Gasteiger partial charge in [-0.25, -0.2) is 0 Å². The molecule has 1 N–H and O–H groups in total. The predicted molar refractivity (Wildman–Crippen MR) is 85.6 cm³/mol. The van der Waals surface area contributed by atoms with E-state index >= 15 is 0 Å². The van der Waals surface area contributed by atoms with Crippen molar-refractivity contribution < 1.29 is 29.5 Å². The van der Waals surface area contributed by atoms with Crippen molar-refractivity contribution in [3.63, 3.8) is 0 Å². The fourth-order valence-corrected chi connectivity index (χ4v) is 3.66. The second kappa shape index (κ2) is 11.4. The first-order chi connectivity index (χ1) is 8.83. The van der Waals surface area contributed by atoms with E-state index in [1.165, 1.54) is 44.1 Å². The number of nitrogens with one attached hydrogen (secondary N) is 1. The summed E-state index contributed by atoms with van der Waals surface area (Å²) >= 11 is 1.59. The van der Waals surface area contributed by atoms with Crippen LogP contribution in [0, 0.1) is 0 Å². The average molecular weight is 399 g/mol. The van der Waals surface area contributed by atoms with Crippen LogP contribution in [-0.4, -0.2) is 25.8 Å². The second-order valence-corrected chi connectivity index (χ2v) is 6.68. The van der Waals surface area contributed by atoms with Crippen LogP contribution in [0.4, 0.5) is 0 Å². The zero-order valence-electron chi connectivity index (χ0n) is 12.2. The summed E-state index contributed by atoms with van der Waals surface area (Å²) < 4.78 is 7.57. The Labute approximate surface area is 150 Å². The molecule has 1 atom stereocenters. The Kier molecular flexibility index (Phi) is 11.9. The summed E-state index contributed by atoms with van der Waals surface area (Å²) in [5.74, 6) is 0. The van der Waals surface area contributed by atoms with Crippen molar-refractivity contribution in [3.8, 4) is 0 Å². The minimum absolute atomic E-state index is 0. The van der Waals surface area contributed by atoms with Crippen LogP contribution in [0.2, 0.25) is 0 Å². The first-order valence-electron chi connectivity index (χ1n) is 7.29. The summed E-state index contributed by atoms with van der Waals surface area (Å²) in [5, 5.41) is 3.44. The van der Waals surface area contributed by atoms with Crippen LogP contribution in [0.25, 0.3) is 0 Å². The van der Waals surface area contributed by atoms with Gasteiger partial charge in [0.15, 0.2) is 0 Å². The number of rotatable bonds is 6. The molecular weight excluding hydrogens is 372 g/mol. The van der Waals surface area contributed by atoms with Crippen molar-refractivity contribution in [2.75, 3.05) is 19.7 Å². The molecule has 0 radical (unpaired) electrons. The van der Waals surface area contributed by atoms with Crippen LogP contribution in [0.1, 0.15) is 45.4 Å². The minimum atomic E-state index is 0. The van der Waals surface area contributed by atoms with Crippen molar-refractivity contribution in [3.05, 3.63) is 20.5 Å². The van der Waals surface area contributed by atoms with Gasteiger partial charge < -0.3 is 0 Å². The van der Waals surface area contributed by atoms with Gasteiger partial charge >= 0.3 is 127 Å². The maximum atomic E-state index is 5.91. The molecule has 2 nitrogen and oxygen atoms in total. The van der Waals surface area contributed by atoms with E-state index in [-0.39, 0.29) is 24.8 Å². The molecule has 1 fully saturated rings. The van der Waals surface area contributed by atoms with Crippen LogP contribution in [0.15, 0.2) is 20.5 Å². The maximum Gasteiger partial charge on any atom is -0.147 e. The Hall–Kier alpha value is 0.863. The van der Waals surface area contributed by atoms with Crippen LogP contribution in [0.3, 0.4) is 0 Å². The third-order valence-electron chi connectivity index (χ3n) is 3.79. The largest absolute Gasteiger partial charge is 0.147 e. The van der Waals surface area contributed by atoms with Gasteiger partial charge in [0.2, 0.25) is 0 Å². The molecule has 0 aromatic rings. The van der Waals surface area contributed by atoms with E-state index in [9.17, 15) is 0 Å². The summed E-state index contributed by atoms with van der Waals surface area (Å²) in [5.41, 5.74) is 3.14. The van der Waals surface area contributed by atoms with E-state index in [4.69, 9.17) is 4.74 Å². The van der Waals surface area contributed by atoms with Crippen molar-refractivity contribution >= 4 is 24.8 Å². The molecule has 0 aromatic heterocycles. The Balaban J connectivity index is 0.00000180. The average Bonchev–Trinajstić information content (AvgIpc) is 2.77. The molecule has 115 valence electrons. The van der Waals surface area contributed by atoms with Crippen molar-refractivity contribution in [1.29, 1.82) is 0 Å². The molecule has 1 aliphatic heterocycles. The van der Waals surface area contributed by atoms with Gasteiger partial charge in [-0.1, -0.05) is 0 Å². The Morgan fingerprint density at radius 2 is 2.10 bits per heavy atom.